The van der Waals surface area contributed by atoms with E-state index in [0.29, 0.717) is 16.9 Å². The van der Waals surface area contributed by atoms with E-state index in [4.69, 9.17) is 0 Å². The summed E-state index contributed by atoms with van der Waals surface area (Å²) < 4.78 is 17.4. The number of nitrogens with one attached hydrogen (secondary N) is 1. The topological polar surface area (TPSA) is 77.1 Å². The number of aromatic nitrogens is 4. The maximum atomic E-state index is 13.9. The molecule has 3 heterocycles. The predicted octanol–water partition coefficient (Wildman–Crippen LogP) is 2.42. The van der Waals surface area contributed by atoms with Crippen molar-refractivity contribution in [2.75, 3.05) is 13.1 Å². The minimum Gasteiger partial charge on any atom is -0.319 e. The molecule has 1 aliphatic rings. The van der Waals surface area contributed by atoms with E-state index in [1.807, 2.05) is 5.38 Å². The van der Waals surface area contributed by atoms with Crippen LogP contribution in [0.3, 0.4) is 0 Å². The minimum absolute atomic E-state index is 0. The molecule has 1 amide bonds. The van der Waals surface area contributed by atoms with Crippen LogP contribution in [-0.4, -0.2) is 38.6 Å². The summed E-state index contributed by atoms with van der Waals surface area (Å²) >= 11 is 1.32. The van der Waals surface area contributed by atoms with Crippen LogP contribution in [0.4, 0.5) is 4.39 Å². The van der Waals surface area contributed by atoms with Crippen LogP contribution in [0.2, 0.25) is 0 Å². The maximum Gasteiger partial charge on any atom is 0.301 e. The van der Waals surface area contributed by atoms with Crippen molar-refractivity contribution in [3.63, 3.8) is 0 Å². The molecule has 0 saturated carbocycles. The largest absolute Gasteiger partial charge is 0.319 e. The molecule has 0 bridgehead atoms. The van der Waals surface area contributed by atoms with Crippen molar-refractivity contribution >= 4 is 29.7 Å². The number of amides is 1. The number of nitrogens with zero attached hydrogens (tertiary/aromatic N) is 5. The van der Waals surface area contributed by atoms with E-state index in [2.05, 4.69) is 20.6 Å². The summed E-state index contributed by atoms with van der Waals surface area (Å²) in [6, 6.07) is 6.83. The van der Waals surface area contributed by atoms with Gasteiger partial charge >= 0.3 is 5.91 Å². The summed E-state index contributed by atoms with van der Waals surface area (Å²) in [5, 5.41) is 13.2. The van der Waals surface area contributed by atoms with Gasteiger partial charge in [0.05, 0.1) is 18.8 Å². The van der Waals surface area contributed by atoms with Crippen molar-refractivity contribution in [1.29, 1.82) is 0 Å². The maximum absolute atomic E-state index is 13.9. The zero-order valence-electron chi connectivity index (χ0n) is 15.0. The van der Waals surface area contributed by atoms with E-state index in [-0.39, 0.29) is 30.0 Å². The number of benzene rings is 1. The van der Waals surface area contributed by atoms with Crippen LogP contribution in [0.25, 0.3) is 0 Å². The van der Waals surface area contributed by atoms with Gasteiger partial charge in [-0.25, -0.2) is 9.07 Å². The van der Waals surface area contributed by atoms with Gasteiger partial charge in [0, 0.05) is 17.1 Å². The van der Waals surface area contributed by atoms with Gasteiger partial charge in [0.2, 0.25) is 0 Å². The molecule has 1 aliphatic heterocycles. The molecule has 1 aromatic carbocycles. The first-order valence-electron chi connectivity index (χ1n) is 8.79. The molecule has 0 radical (unpaired) electrons. The van der Waals surface area contributed by atoms with Crippen LogP contribution >= 0.6 is 23.7 Å². The SMILES string of the molecule is Cl.O=C(N=c1sccn1Cc1ccccc1F)c1cn(C2CCNCC2)nn1. The Balaban J connectivity index is 0.00000225. The van der Waals surface area contributed by atoms with Gasteiger partial charge in [-0.05, 0) is 32.0 Å². The molecule has 10 heteroatoms. The fourth-order valence-corrected chi connectivity index (χ4v) is 3.81. The highest BCUT2D eigenvalue weighted by atomic mass is 35.5. The smallest absolute Gasteiger partial charge is 0.301 e. The molecule has 1 N–H and O–H groups in total. The van der Waals surface area contributed by atoms with Crippen molar-refractivity contribution < 1.29 is 9.18 Å². The van der Waals surface area contributed by atoms with Crippen molar-refractivity contribution in [1.82, 2.24) is 24.9 Å². The minimum atomic E-state index is -0.445. The van der Waals surface area contributed by atoms with E-state index in [1.54, 1.807) is 39.8 Å². The highest BCUT2D eigenvalue weighted by molar-refractivity contribution is 7.07. The molecule has 3 aromatic rings. The lowest BCUT2D eigenvalue weighted by Crippen LogP contribution is -2.29. The highest BCUT2D eigenvalue weighted by Crippen LogP contribution is 2.17. The van der Waals surface area contributed by atoms with E-state index >= 15 is 0 Å². The molecule has 0 atom stereocenters. The Kier molecular flexibility index (Phi) is 6.71. The number of halogens is 2. The van der Waals surface area contributed by atoms with Crippen LogP contribution in [0.15, 0.2) is 47.0 Å². The van der Waals surface area contributed by atoms with Gasteiger partial charge in [0.25, 0.3) is 0 Å². The fourth-order valence-electron chi connectivity index (χ4n) is 3.09. The van der Waals surface area contributed by atoms with Crippen LogP contribution in [0, 0.1) is 5.82 Å². The Bertz CT molecular complexity index is 1010. The van der Waals surface area contributed by atoms with Gasteiger partial charge in [-0.3, -0.25) is 4.79 Å². The number of hydrogen-bond acceptors (Lipinski definition) is 5. The van der Waals surface area contributed by atoms with Gasteiger partial charge in [0.15, 0.2) is 10.5 Å². The second-order valence-electron chi connectivity index (χ2n) is 6.39. The average Bonchev–Trinajstić information content (AvgIpc) is 3.34. The molecule has 2 aromatic heterocycles. The lowest BCUT2D eigenvalue weighted by Gasteiger charge is -2.21. The van der Waals surface area contributed by atoms with Crippen molar-refractivity contribution in [2.24, 2.45) is 4.99 Å². The zero-order valence-corrected chi connectivity index (χ0v) is 16.6. The quantitative estimate of drug-likeness (QED) is 0.700. The number of piperidine rings is 1. The summed E-state index contributed by atoms with van der Waals surface area (Å²) in [5.41, 5.74) is 0.765. The third kappa shape index (κ3) is 4.54. The van der Waals surface area contributed by atoms with Gasteiger partial charge in [-0.15, -0.1) is 28.8 Å². The number of thiazole rings is 1. The molecule has 0 unspecified atom stereocenters. The number of carbonyl (C=O) groups excluding carboxylic acids is 1. The average molecular weight is 423 g/mol. The van der Waals surface area contributed by atoms with E-state index < -0.39 is 5.91 Å². The van der Waals surface area contributed by atoms with Crippen molar-refractivity contribution in [3.8, 4) is 0 Å². The molecule has 1 saturated heterocycles. The molecule has 0 aliphatic carbocycles. The first-order valence-corrected chi connectivity index (χ1v) is 9.67. The Hall–Kier alpha value is -2.36. The van der Waals surface area contributed by atoms with Crippen molar-refractivity contribution in [2.45, 2.75) is 25.4 Å². The standard InChI is InChI=1S/C18H19FN6OS.ClH/c19-15-4-2-1-3-13(15)11-24-9-10-27-18(24)21-17(26)16-12-25(23-22-16)14-5-7-20-8-6-14;/h1-4,9-10,12,14,20H,5-8,11H2;1H. The summed E-state index contributed by atoms with van der Waals surface area (Å²) in [6.07, 6.45) is 5.37. The Morgan fingerprint density at radius 1 is 1.32 bits per heavy atom. The Morgan fingerprint density at radius 3 is 2.89 bits per heavy atom. The Labute approximate surface area is 171 Å². The summed E-state index contributed by atoms with van der Waals surface area (Å²) in [7, 11) is 0. The van der Waals surface area contributed by atoms with Crippen LogP contribution < -0.4 is 10.1 Å². The molecule has 28 heavy (non-hydrogen) atoms. The van der Waals surface area contributed by atoms with Crippen LogP contribution in [0.1, 0.15) is 34.9 Å². The van der Waals surface area contributed by atoms with Crippen molar-refractivity contribution in [3.05, 3.63) is 63.9 Å². The molecule has 0 spiro atoms. The molecule has 4 rings (SSSR count). The Morgan fingerprint density at radius 2 is 2.11 bits per heavy atom. The molecular weight excluding hydrogens is 403 g/mol. The van der Waals surface area contributed by atoms with Gasteiger partial charge in [0.1, 0.15) is 5.82 Å². The predicted molar refractivity (Wildman–Crippen MR) is 106 cm³/mol. The molecule has 7 nitrogen and oxygen atoms in total. The lowest BCUT2D eigenvalue weighted by atomic mass is 10.1. The van der Waals surface area contributed by atoms with E-state index in [0.717, 1.165) is 25.9 Å². The summed E-state index contributed by atoms with van der Waals surface area (Å²) in [4.78, 5) is 17.2. The molecule has 148 valence electrons. The first-order chi connectivity index (χ1) is 13.2. The molecular formula is C18H20ClFN6OS. The van der Waals surface area contributed by atoms with Gasteiger partial charge in [-0.1, -0.05) is 23.4 Å². The lowest BCUT2D eigenvalue weighted by molar-refractivity contribution is 0.0993. The normalized spacial score (nSPS) is 15.4. The van der Waals surface area contributed by atoms with Gasteiger partial charge < -0.3 is 9.88 Å². The third-order valence-electron chi connectivity index (χ3n) is 4.57. The van der Waals surface area contributed by atoms with Crippen LogP contribution in [-0.2, 0) is 6.54 Å². The monoisotopic (exact) mass is 422 g/mol. The second kappa shape index (κ2) is 9.22. The van der Waals surface area contributed by atoms with Crippen LogP contribution in [0.5, 0.6) is 0 Å². The number of carbonyl (C=O) groups is 1. The van der Waals surface area contributed by atoms with E-state index in [1.165, 1.54) is 17.4 Å². The van der Waals surface area contributed by atoms with Gasteiger partial charge in [-0.2, -0.15) is 4.99 Å². The summed E-state index contributed by atoms with van der Waals surface area (Å²) in [6.45, 7) is 2.18. The molecule has 1 fully saturated rings. The van der Waals surface area contributed by atoms with E-state index in [9.17, 15) is 9.18 Å². The first kappa shape index (κ1) is 20.4. The second-order valence-corrected chi connectivity index (χ2v) is 7.26. The summed E-state index contributed by atoms with van der Waals surface area (Å²) in [5.74, 6) is -0.724. The number of hydrogen-bond donors (Lipinski definition) is 1. The fraction of sp³-hybridized carbons (Fsp3) is 0.333. The highest BCUT2D eigenvalue weighted by Gasteiger charge is 2.18. The number of rotatable bonds is 4. The third-order valence-corrected chi connectivity index (χ3v) is 5.36. The zero-order chi connectivity index (χ0) is 18.6.